The summed E-state index contributed by atoms with van der Waals surface area (Å²) in [7, 11) is 1.70. The van der Waals surface area contributed by atoms with Crippen molar-refractivity contribution >= 4 is 23.1 Å². The monoisotopic (exact) mass is 265 g/mol. The minimum absolute atomic E-state index is 0.142. The first kappa shape index (κ1) is 12.2. The van der Waals surface area contributed by atoms with Gasteiger partial charge in [0.1, 0.15) is 11.5 Å². The SMILES string of the molecule is CNc1cncc(C(=O)NCc2csc(=O)[nH]2)n1. The van der Waals surface area contributed by atoms with Gasteiger partial charge in [-0.3, -0.25) is 14.6 Å². The molecule has 0 radical (unpaired) electrons. The summed E-state index contributed by atoms with van der Waals surface area (Å²) in [6.45, 7) is 0.253. The van der Waals surface area contributed by atoms with E-state index in [4.69, 9.17) is 0 Å². The number of aromatic nitrogens is 3. The van der Waals surface area contributed by atoms with Crippen molar-refractivity contribution in [1.29, 1.82) is 0 Å². The number of H-pyrrole nitrogens is 1. The van der Waals surface area contributed by atoms with Crippen molar-refractivity contribution in [1.82, 2.24) is 20.3 Å². The maximum atomic E-state index is 11.8. The first-order valence-corrected chi connectivity index (χ1v) is 6.01. The van der Waals surface area contributed by atoms with Crippen LogP contribution in [0.15, 0.2) is 22.6 Å². The minimum atomic E-state index is -0.341. The van der Waals surface area contributed by atoms with Gasteiger partial charge in [-0.2, -0.15) is 0 Å². The summed E-state index contributed by atoms with van der Waals surface area (Å²) < 4.78 is 0. The van der Waals surface area contributed by atoms with Crippen molar-refractivity contribution in [2.24, 2.45) is 0 Å². The van der Waals surface area contributed by atoms with Gasteiger partial charge in [0.05, 0.1) is 18.9 Å². The van der Waals surface area contributed by atoms with Crippen LogP contribution in [0.1, 0.15) is 16.2 Å². The summed E-state index contributed by atoms with van der Waals surface area (Å²) in [5.74, 6) is 0.179. The number of nitrogens with zero attached hydrogens (tertiary/aromatic N) is 2. The Labute approximate surface area is 106 Å². The molecule has 0 bridgehead atoms. The molecule has 0 aliphatic carbocycles. The van der Waals surface area contributed by atoms with Crippen molar-refractivity contribution in [3.8, 4) is 0 Å². The largest absolute Gasteiger partial charge is 0.372 e. The molecule has 0 saturated heterocycles. The van der Waals surface area contributed by atoms with E-state index in [1.807, 2.05) is 0 Å². The molecular formula is C10H11N5O2S. The summed E-state index contributed by atoms with van der Waals surface area (Å²) in [4.78, 5) is 33.1. The van der Waals surface area contributed by atoms with Crippen molar-refractivity contribution < 1.29 is 4.79 Å². The first-order valence-electron chi connectivity index (χ1n) is 5.13. The van der Waals surface area contributed by atoms with E-state index in [1.165, 1.54) is 12.4 Å². The zero-order chi connectivity index (χ0) is 13.0. The number of carbonyl (C=O) groups is 1. The van der Waals surface area contributed by atoms with Crippen LogP contribution in [0.3, 0.4) is 0 Å². The van der Waals surface area contributed by atoms with Crippen LogP contribution in [0.5, 0.6) is 0 Å². The lowest BCUT2D eigenvalue weighted by molar-refractivity contribution is 0.0945. The van der Waals surface area contributed by atoms with Crippen LogP contribution in [-0.2, 0) is 6.54 Å². The molecule has 7 nitrogen and oxygen atoms in total. The summed E-state index contributed by atoms with van der Waals surface area (Å²) in [5, 5.41) is 7.11. The maximum Gasteiger partial charge on any atom is 0.304 e. The first-order chi connectivity index (χ1) is 8.69. The minimum Gasteiger partial charge on any atom is -0.372 e. The molecule has 0 spiro atoms. The van der Waals surface area contributed by atoms with Gasteiger partial charge in [-0.25, -0.2) is 4.98 Å². The van der Waals surface area contributed by atoms with Gasteiger partial charge < -0.3 is 15.6 Å². The fourth-order valence-corrected chi connectivity index (χ4v) is 1.84. The van der Waals surface area contributed by atoms with Crippen molar-refractivity contribution in [2.45, 2.75) is 6.54 Å². The topological polar surface area (TPSA) is 99.8 Å². The van der Waals surface area contributed by atoms with E-state index in [0.717, 1.165) is 11.3 Å². The van der Waals surface area contributed by atoms with E-state index in [0.29, 0.717) is 11.5 Å². The van der Waals surface area contributed by atoms with E-state index in [1.54, 1.807) is 12.4 Å². The smallest absolute Gasteiger partial charge is 0.304 e. The van der Waals surface area contributed by atoms with E-state index in [2.05, 4.69) is 25.6 Å². The molecule has 0 aliphatic rings. The third-order valence-corrected chi connectivity index (χ3v) is 2.85. The third-order valence-electron chi connectivity index (χ3n) is 2.13. The Kier molecular flexibility index (Phi) is 3.68. The molecule has 0 saturated carbocycles. The van der Waals surface area contributed by atoms with E-state index < -0.39 is 0 Å². The van der Waals surface area contributed by atoms with Crippen LogP contribution < -0.4 is 15.5 Å². The fraction of sp³-hybridized carbons (Fsp3) is 0.200. The summed E-state index contributed by atoms with van der Waals surface area (Å²) in [6.07, 6.45) is 2.90. The number of rotatable bonds is 4. The Bertz CT molecular complexity index is 606. The Morgan fingerprint density at radius 2 is 2.33 bits per heavy atom. The Hall–Kier alpha value is -2.22. The molecule has 0 unspecified atom stereocenters. The highest BCUT2D eigenvalue weighted by Crippen LogP contribution is 2.01. The Balaban J connectivity index is 2.01. The second kappa shape index (κ2) is 5.41. The molecule has 1 amide bonds. The molecule has 0 fully saturated rings. The molecule has 8 heteroatoms. The second-order valence-corrected chi connectivity index (χ2v) is 4.24. The van der Waals surface area contributed by atoms with Crippen LogP contribution in [-0.4, -0.2) is 27.9 Å². The number of carbonyl (C=O) groups excluding carboxylic acids is 1. The van der Waals surface area contributed by atoms with E-state index in [-0.39, 0.29) is 23.0 Å². The van der Waals surface area contributed by atoms with Gasteiger partial charge in [-0.15, -0.1) is 0 Å². The molecule has 2 aromatic heterocycles. The molecular weight excluding hydrogens is 254 g/mol. The summed E-state index contributed by atoms with van der Waals surface area (Å²) >= 11 is 1.06. The van der Waals surface area contributed by atoms with Gasteiger partial charge in [-0.1, -0.05) is 11.3 Å². The van der Waals surface area contributed by atoms with E-state index >= 15 is 0 Å². The molecule has 2 aromatic rings. The standard InChI is InChI=1S/C10H11N5O2S/c1-11-8-4-12-3-7(15-8)9(16)13-2-6-5-18-10(17)14-6/h3-5H,2H2,1H3,(H,11,15)(H,13,16)(H,14,17). The lowest BCUT2D eigenvalue weighted by Gasteiger charge is -2.04. The normalized spacial score (nSPS) is 10.1. The number of amides is 1. The van der Waals surface area contributed by atoms with Gasteiger partial charge >= 0.3 is 4.87 Å². The fourth-order valence-electron chi connectivity index (χ4n) is 1.26. The van der Waals surface area contributed by atoms with Crippen LogP contribution in [0.2, 0.25) is 0 Å². The highest BCUT2D eigenvalue weighted by atomic mass is 32.1. The van der Waals surface area contributed by atoms with Crippen molar-refractivity contribution in [3.63, 3.8) is 0 Å². The predicted octanol–water partition coefficient (Wildman–Crippen LogP) is 0.198. The van der Waals surface area contributed by atoms with Gasteiger partial charge in [0, 0.05) is 18.1 Å². The highest BCUT2D eigenvalue weighted by molar-refractivity contribution is 7.07. The third kappa shape index (κ3) is 2.92. The molecule has 0 aromatic carbocycles. The van der Waals surface area contributed by atoms with Crippen molar-refractivity contribution in [2.75, 3.05) is 12.4 Å². The number of anilines is 1. The Morgan fingerprint density at radius 1 is 1.50 bits per heavy atom. The molecule has 0 aliphatic heterocycles. The average molecular weight is 265 g/mol. The van der Waals surface area contributed by atoms with Gasteiger partial charge in [0.2, 0.25) is 0 Å². The van der Waals surface area contributed by atoms with E-state index in [9.17, 15) is 9.59 Å². The van der Waals surface area contributed by atoms with Crippen molar-refractivity contribution in [3.05, 3.63) is 38.8 Å². The molecule has 0 atom stereocenters. The molecule has 18 heavy (non-hydrogen) atoms. The van der Waals surface area contributed by atoms with Crippen LogP contribution in [0.25, 0.3) is 0 Å². The highest BCUT2D eigenvalue weighted by Gasteiger charge is 2.08. The summed E-state index contributed by atoms with van der Waals surface area (Å²) in [6, 6.07) is 0. The Morgan fingerprint density at radius 3 is 3.00 bits per heavy atom. The number of nitrogens with one attached hydrogen (secondary N) is 3. The molecule has 2 rings (SSSR count). The molecule has 94 valence electrons. The van der Waals surface area contributed by atoms with Crippen LogP contribution >= 0.6 is 11.3 Å². The van der Waals surface area contributed by atoms with Crippen LogP contribution in [0, 0.1) is 0 Å². The molecule has 2 heterocycles. The number of aromatic amines is 1. The van der Waals surface area contributed by atoms with Crippen LogP contribution in [0.4, 0.5) is 5.82 Å². The quantitative estimate of drug-likeness (QED) is 0.733. The lowest BCUT2D eigenvalue weighted by atomic mass is 10.4. The average Bonchev–Trinajstić information content (AvgIpc) is 2.82. The maximum absolute atomic E-state index is 11.8. The van der Waals surface area contributed by atoms with Gasteiger partial charge in [-0.05, 0) is 0 Å². The summed E-state index contributed by atoms with van der Waals surface area (Å²) in [5.41, 5.74) is 0.885. The number of hydrogen-bond acceptors (Lipinski definition) is 6. The van der Waals surface area contributed by atoms with Gasteiger partial charge in [0.15, 0.2) is 0 Å². The lowest BCUT2D eigenvalue weighted by Crippen LogP contribution is -2.24. The second-order valence-electron chi connectivity index (χ2n) is 3.40. The zero-order valence-electron chi connectivity index (χ0n) is 9.56. The number of hydrogen-bond donors (Lipinski definition) is 3. The predicted molar refractivity (Wildman–Crippen MR) is 67.7 cm³/mol. The zero-order valence-corrected chi connectivity index (χ0v) is 10.4. The van der Waals surface area contributed by atoms with Gasteiger partial charge in [0.25, 0.3) is 5.91 Å². The molecule has 3 N–H and O–H groups in total. The number of thiazole rings is 1.